The van der Waals surface area contributed by atoms with Gasteiger partial charge in [0.2, 0.25) is 15.9 Å². The van der Waals surface area contributed by atoms with Gasteiger partial charge in [-0.25, -0.2) is 13.4 Å². The molecule has 1 aromatic carbocycles. The molecule has 2 rings (SSSR count). The number of amides is 1. The first kappa shape index (κ1) is 24.5. The molecule has 1 amide bonds. The molecule has 0 fully saturated rings. The maximum atomic E-state index is 13.3. The van der Waals surface area contributed by atoms with Crippen LogP contribution in [0.5, 0.6) is 0 Å². The highest BCUT2D eigenvalue weighted by Gasteiger charge is 2.27. The van der Waals surface area contributed by atoms with Crippen LogP contribution in [0.15, 0.2) is 34.5 Å². The van der Waals surface area contributed by atoms with Crippen LogP contribution < -0.4 is 5.32 Å². The topological polar surface area (TPSA) is 82.6 Å². The molecule has 0 spiro atoms. The maximum Gasteiger partial charge on any atom is 0.243 e. The summed E-state index contributed by atoms with van der Waals surface area (Å²) in [6, 6.07) is 6.92. The number of rotatable bonds is 9. The molecule has 0 bridgehead atoms. The van der Waals surface area contributed by atoms with E-state index in [1.165, 1.54) is 15.6 Å². The Morgan fingerprint density at radius 3 is 2.27 bits per heavy atom. The van der Waals surface area contributed by atoms with Gasteiger partial charge in [0.1, 0.15) is 0 Å². The third-order valence-corrected chi connectivity index (χ3v) is 7.29. The highest BCUT2D eigenvalue weighted by molar-refractivity contribution is 7.89. The van der Waals surface area contributed by atoms with Crippen LogP contribution in [0.4, 0.5) is 5.13 Å². The van der Waals surface area contributed by atoms with Gasteiger partial charge >= 0.3 is 0 Å². The second-order valence-electron chi connectivity index (χ2n) is 8.61. The van der Waals surface area contributed by atoms with E-state index in [9.17, 15) is 13.2 Å². The van der Waals surface area contributed by atoms with Crippen molar-refractivity contribution in [2.75, 3.05) is 39.0 Å². The molecule has 0 saturated carbocycles. The fourth-order valence-corrected chi connectivity index (χ4v) is 4.99. The van der Waals surface area contributed by atoms with Crippen molar-refractivity contribution in [2.45, 2.75) is 44.4 Å². The minimum absolute atomic E-state index is 0.0700. The van der Waals surface area contributed by atoms with E-state index in [0.29, 0.717) is 11.6 Å². The number of nitrogens with one attached hydrogen (secondary N) is 1. The Kier molecular flexibility index (Phi) is 8.15. The number of aromatic nitrogens is 1. The Bertz CT molecular complexity index is 945. The van der Waals surface area contributed by atoms with Crippen molar-refractivity contribution < 1.29 is 13.2 Å². The number of sulfonamides is 1. The summed E-state index contributed by atoms with van der Waals surface area (Å²) >= 11 is 1.32. The van der Waals surface area contributed by atoms with Gasteiger partial charge in [0.15, 0.2) is 5.13 Å². The van der Waals surface area contributed by atoms with Crippen LogP contribution in [0.1, 0.15) is 38.4 Å². The molecule has 1 heterocycles. The van der Waals surface area contributed by atoms with Crippen LogP contribution in [-0.2, 0) is 20.2 Å². The zero-order valence-corrected chi connectivity index (χ0v) is 20.2. The van der Waals surface area contributed by atoms with Crippen molar-refractivity contribution >= 4 is 32.4 Å². The number of nitrogens with zero attached hydrogens (tertiary/aromatic N) is 3. The number of hydrogen-bond acceptors (Lipinski definition) is 6. The molecule has 30 heavy (non-hydrogen) atoms. The molecule has 0 aliphatic rings. The largest absolute Gasteiger partial charge is 0.309 e. The van der Waals surface area contributed by atoms with Gasteiger partial charge < -0.3 is 10.2 Å². The zero-order valence-electron chi connectivity index (χ0n) is 18.6. The number of benzene rings is 1. The van der Waals surface area contributed by atoms with Crippen LogP contribution in [0.2, 0.25) is 0 Å². The van der Waals surface area contributed by atoms with Gasteiger partial charge in [0.05, 0.1) is 17.1 Å². The van der Waals surface area contributed by atoms with E-state index < -0.39 is 15.9 Å². The average molecular weight is 453 g/mol. The van der Waals surface area contributed by atoms with Gasteiger partial charge in [-0.1, -0.05) is 32.9 Å². The second kappa shape index (κ2) is 10.00. The van der Waals surface area contributed by atoms with E-state index in [4.69, 9.17) is 0 Å². The smallest absolute Gasteiger partial charge is 0.243 e. The summed E-state index contributed by atoms with van der Waals surface area (Å²) in [4.78, 5) is 18.9. The van der Waals surface area contributed by atoms with Crippen LogP contribution in [-0.4, -0.2) is 62.2 Å². The monoisotopic (exact) mass is 452 g/mol. The zero-order chi connectivity index (χ0) is 22.5. The summed E-state index contributed by atoms with van der Waals surface area (Å²) in [5, 5.41) is 5.00. The van der Waals surface area contributed by atoms with Gasteiger partial charge in [-0.3, -0.25) is 4.79 Å². The van der Waals surface area contributed by atoms with E-state index in [0.717, 1.165) is 17.8 Å². The normalized spacial score (nSPS) is 12.5. The Hall–Kier alpha value is -1.81. The van der Waals surface area contributed by atoms with E-state index in [2.05, 4.69) is 31.1 Å². The van der Waals surface area contributed by atoms with E-state index >= 15 is 0 Å². The summed E-state index contributed by atoms with van der Waals surface area (Å²) < 4.78 is 27.8. The Labute approximate surface area is 184 Å². The first-order chi connectivity index (χ1) is 13.9. The van der Waals surface area contributed by atoms with Crippen LogP contribution in [0, 0.1) is 6.92 Å². The molecule has 0 saturated heterocycles. The fraction of sp³-hybridized carbons (Fsp3) is 0.524. The van der Waals surface area contributed by atoms with Crippen molar-refractivity contribution in [3.05, 3.63) is 40.9 Å². The number of hydrogen-bond donors (Lipinski definition) is 1. The molecule has 7 nitrogen and oxygen atoms in total. The molecule has 0 aliphatic heterocycles. The lowest BCUT2D eigenvalue weighted by atomic mass is 9.87. The molecule has 9 heteroatoms. The predicted molar refractivity (Wildman–Crippen MR) is 123 cm³/mol. The average Bonchev–Trinajstić information content (AvgIpc) is 3.04. The minimum atomic E-state index is -3.81. The Morgan fingerprint density at radius 2 is 1.77 bits per heavy atom. The summed E-state index contributed by atoms with van der Waals surface area (Å²) in [6.45, 7) is 8.80. The summed E-state index contributed by atoms with van der Waals surface area (Å²) in [6.07, 6.45) is 0.621. The van der Waals surface area contributed by atoms with Gasteiger partial charge in [-0.2, -0.15) is 4.31 Å². The molecule has 0 aliphatic carbocycles. The van der Waals surface area contributed by atoms with E-state index in [-0.39, 0.29) is 23.4 Å². The van der Waals surface area contributed by atoms with Gasteiger partial charge in [0, 0.05) is 11.9 Å². The van der Waals surface area contributed by atoms with E-state index in [1.807, 2.05) is 43.4 Å². The van der Waals surface area contributed by atoms with Crippen molar-refractivity contribution in [1.82, 2.24) is 14.2 Å². The first-order valence-electron chi connectivity index (χ1n) is 9.87. The molecule has 1 N–H and O–H groups in total. The van der Waals surface area contributed by atoms with Crippen molar-refractivity contribution in [3.63, 3.8) is 0 Å². The third kappa shape index (κ3) is 6.87. The van der Waals surface area contributed by atoms with Gasteiger partial charge in [0.25, 0.3) is 0 Å². The fourth-order valence-electron chi connectivity index (χ4n) is 2.85. The number of aryl methyl sites for hydroxylation is 1. The second-order valence-corrected chi connectivity index (χ2v) is 11.4. The maximum absolute atomic E-state index is 13.3. The highest BCUT2D eigenvalue weighted by Crippen LogP contribution is 2.25. The third-order valence-electron chi connectivity index (χ3n) is 4.56. The molecule has 0 radical (unpaired) electrons. The van der Waals surface area contributed by atoms with Crippen LogP contribution in [0.25, 0.3) is 0 Å². The molecule has 0 unspecified atom stereocenters. The minimum Gasteiger partial charge on any atom is -0.309 e. The lowest BCUT2D eigenvalue weighted by Crippen LogP contribution is -2.39. The molecule has 1 aromatic heterocycles. The summed E-state index contributed by atoms with van der Waals surface area (Å²) in [5.41, 5.74) is 1.79. The highest BCUT2D eigenvalue weighted by atomic mass is 32.2. The quantitative estimate of drug-likeness (QED) is 0.631. The lowest BCUT2D eigenvalue weighted by Gasteiger charge is -2.23. The number of carbonyl (C=O) groups is 1. The Balaban J connectivity index is 2.21. The van der Waals surface area contributed by atoms with Crippen LogP contribution >= 0.6 is 11.3 Å². The molecule has 166 valence electrons. The first-order valence-corrected chi connectivity index (χ1v) is 12.2. The van der Waals surface area contributed by atoms with Crippen molar-refractivity contribution in [3.8, 4) is 0 Å². The molecule has 0 atom stereocenters. The predicted octanol–water partition coefficient (Wildman–Crippen LogP) is 3.33. The molecular weight excluding hydrogens is 420 g/mol. The molecular formula is C21H32N4O3S2. The van der Waals surface area contributed by atoms with Crippen LogP contribution in [0.3, 0.4) is 0 Å². The summed E-state index contributed by atoms with van der Waals surface area (Å²) in [5.74, 6) is -0.399. The Morgan fingerprint density at radius 1 is 1.13 bits per heavy atom. The summed E-state index contributed by atoms with van der Waals surface area (Å²) in [7, 11) is 0.0578. The van der Waals surface area contributed by atoms with Crippen molar-refractivity contribution in [1.29, 1.82) is 0 Å². The van der Waals surface area contributed by atoms with Gasteiger partial charge in [-0.15, -0.1) is 11.3 Å². The lowest BCUT2D eigenvalue weighted by molar-refractivity contribution is -0.116. The van der Waals surface area contributed by atoms with Gasteiger partial charge in [-0.05, 0) is 57.1 Å². The number of thiazole rings is 1. The SMILES string of the molecule is Cc1csc(NC(=O)CN(CCCN(C)C)S(=O)(=O)c2ccc(C(C)(C)C)cc2)n1. The number of anilines is 1. The number of carbonyl (C=O) groups excluding carboxylic acids is 1. The van der Waals surface area contributed by atoms with Crippen molar-refractivity contribution in [2.24, 2.45) is 0 Å². The standard InChI is InChI=1S/C21H32N4O3S2/c1-16-15-29-20(22-16)23-19(26)14-25(13-7-12-24(5)6)30(27,28)18-10-8-17(9-11-18)21(2,3)4/h8-11,15H,7,12-14H2,1-6H3,(H,22,23,26). The van der Waals surface area contributed by atoms with E-state index in [1.54, 1.807) is 12.1 Å². The molecule has 2 aromatic rings.